The average Bonchev–Trinajstić information content (AvgIpc) is 3.74. The summed E-state index contributed by atoms with van der Waals surface area (Å²) in [5.41, 5.74) is 9.51. The molecule has 286 valence electrons. The SMILES string of the molecule is CC(C)C[C@H](NC(=O)OCC1c2ccccc2-c2ccccc21)C(=O)O/N=C1\c2ccccc2-c2c1c(N1CCN(c3ccccn3)CC1)nc1ccc(Br)cc21. The number of halogens is 1. The highest BCUT2D eigenvalue weighted by Gasteiger charge is 2.35. The van der Waals surface area contributed by atoms with Crippen LogP contribution in [0.1, 0.15) is 48.4 Å². The Hall–Kier alpha value is -6.07. The second-order valence-electron chi connectivity index (χ2n) is 15.1. The largest absolute Gasteiger partial charge is 0.449 e. The van der Waals surface area contributed by atoms with Gasteiger partial charge in [0, 0.05) is 59.3 Å². The van der Waals surface area contributed by atoms with Crippen molar-refractivity contribution in [1.82, 2.24) is 15.3 Å². The van der Waals surface area contributed by atoms with E-state index in [1.165, 1.54) is 0 Å². The number of nitrogens with zero attached hydrogens (tertiary/aromatic N) is 5. The molecule has 1 N–H and O–H groups in total. The number of benzene rings is 4. The van der Waals surface area contributed by atoms with Crippen molar-refractivity contribution < 1.29 is 19.2 Å². The Morgan fingerprint density at radius 2 is 1.46 bits per heavy atom. The molecule has 1 amide bonds. The fourth-order valence-electron chi connectivity index (χ4n) is 8.40. The molecule has 10 nitrogen and oxygen atoms in total. The maximum Gasteiger partial charge on any atom is 0.407 e. The van der Waals surface area contributed by atoms with E-state index in [1.807, 2.05) is 92.8 Å². The lowest BCUT2D eigenvalue weighted by Gasteiger charge is -2.37. The molecule has 0 radical (unpaired) electrons. The van der Waals surface area contributed by atoms with Gasteiger partial charge in [0.25, 0.3) is 0 Å². The molecule has 0 unspecified atom stereocenters. The highest BCUT2D eigenvalue weighted by Crippen LogP contribution is 2.47. The van der Waals surface area contributed by atoms with Crippen molar-refractivity contribution in [1.29, 1.82) is 0 Å². The number of anilines is 2. The van der Waals surface area contributed by atoms with Crippen molar-refractivity contribution in [2.24, 2.45) is 11.1 Å². The lowest BCUT2D eigenvalue weighted by Crippen LogP contribution is -2.47. The normalized spacial score (nSPS) is 15.6. The predicted octanol–water partition coefficient (Wildman–Crippen LogP) is 8.95. The minimum Gasteiger partial charge on any atom is -0.449 e. The lowest BCUT2D eigenvalue weighted by atomic mass is 9.98. The third-order valence-electron chi connectivity index (χ3n) is 11.0. The van der Waals surface area contributed by atoms with E-state index >= 15 is 0 Å². The Balaban J connectivity index is 0.993. The number of amides is 1. The van der Waals surface area contributed by atoms with Gasteiger partial charge in [0.1, 0.15) is 30.0 Å². The van der Waals surface area contributed by atoms with Crippen LogP contribution in [0.3, 0.4) is 0 Å². The van der Waals surface area contributed by atoms with Crippen molar-refractivity contribution >= 4 is 56.2 Å². The zero-order valence-corrected chi connectivity index (χ0v) is 33.3. The molecular weight excluding hydrogens is 780 g/mol. The number of pyridine rings is 2. The molecule has 11 heteroatoms. The van der Waals surface area contributed by atoms with Gasteiger partial charge in [-0.05, 0) is 70.5 Å². The summed E-state index contributed by atoms with van der Waals surface area (Å²) < 4.78 is 6.75. The van der Waals surface area contributed by atoms with E-state index in [-0.39, 0.29) is 18.4 Å². The number of alkyl carbamates (subject to hydrolysis) is 1. The van der Waals surface area contributed by atoms with Gasteiger partial charge < -0.3 is 24.7 Å². The van der Waals surface area contributed by atoms with Gasteiger partial charge in [-0.1, -0.05) is 114 Å². The molecule has 0 spiro atoms. The van der Waals surface area contributed by atoms with Gasteiger partial charge in [-0.2, -0.15) is 0 Å². The third kappa shape index (κ3) is 7.01. The molecule has 3 aliphatic rings. The Kier molecular flexibility index (Phi) is 9.92. The molecule has 57 heavy (non-hydrogen) atoms. The molecule has 2 aliphatic carbocycles. The van der Waals surface area contributed by atoms with Crippen molar-refractivity contribution in [3.63, 3.8) is 0 Å². The van der Waals surface area contributed by atoms with E-state index in [0.29, 0.717) is 25.2 Å². The Labute approximate surface area is 339 Å². The molecule has 9 rings (SSSR count). The van der Waals surface area contributed by atoms with Crippen LogP contribution in [0.15, 0.2) is 125 Å². The maximum atomic E-state index is 14.0. The first-order chi connectivity index (χ1) is 27.8. The summed E-state index contributed by atoms with van der Waals surface area (Å²) in [7, 11) is 0. The van der Waals surface area contributed by atoms with E-state index in [0.717, 1.165) is 84.6 Å². The van der Waals surface area contributed by atoms with Crippen molar-refractivity contribution in [2.75, 3.05) is 42.6 Å². The number of nitrogens with one attached hydrogen (secondary N) is 1. The Morgan fingerprint density at radius 3 is 2.14 bits per heavy atom. The van der Waals surface area contributed by atoms with Crippen LogP contribution in [-0.2, 0) is 14.4 Å². The van der Waals surface area contributed by atoms with Crippen LogP contribution >= 0.6 is 15.9 Å². The number of fused-ring (bicyclic) bond motifs is 8. The minimum atomic E-state index is -0.981. The molecule has 0 bridgehead atoms. The zero-order chi connectivity index (χ0) is 39.0. The van der Waals surface area contributed by atoms with E-state index < -0.39 is 18.1 Å². The highest BCUT2D eigenvalue weighted by molar-refractivity contribution is 9.10. The molecule has 1 saturated heterocycles. The minimum absolute atomic E-state index is 0.0717. The number of ether oxygens (including phenoxy) is 1. The maximum absolute atomic E-state index is 14.0. The summed E-state index contributed by atoms with van der Waals surface area (Å²) in [6, 6.07) is 35.5. The summed E-state index contributed by atoms with van der Waals surface area (Å²) in [4.78, 5) is 47.5. The first-order valence-electron chi connectivity index (χ1n) is 19.4. The summed E-state index contributed by atoms with van der Waals surface area (Å²) in [5.74, 6) is 1.02. The van der Waals surface area contributed by atoms with Crippen LogP contribution < -0.4 is 15.1 Å². The fourth-order valence-corrected chi connectivity index (χ4v) is 8.76. The number of aromatic nitrogens is 2. The summed E-state index contributed by atoms with van der Waals surface area (Å²) >= 11 is 3.68. The number of hydrogen-bond acceptors (Lipinski definition) is 9. The summed E-state index contributed by atoms with van der Waals surface area (Å²) in [5, 5.41) is 8.39. The zero-order valence-electron chi connectivity index (χ0n) is 31.7. The van der Waals surface area contributed by atoms with Gasteiger partial charge in [-0.15, -0.1) is 0 Å². The van der Waals surface area contributed by atoms with Gasteiger partial charge in [0.05, 0.1) is 11.1 Å². The van der Waals surface area contributed by atoms with E-state index in [2.05, 4.69) is 77.6 Å². The van der Waals surface area contributed by atoms with Crippen LogP contribution in [0.2, 0.25) is 0 Å². The highest BCUT2D eigenvalue weighted by atomic mass is 79.9. The number of carbonyl (C=O) groups excluding carboxylic acids is 2. The quantitative estimate of drug-likeness (QED) is 0.114. The summed E-state index contributed by atoms with van der Waals surface area (Å²) in [6.45, 7) is 7.06. The third-order valence-corrected chi connectivity index (χ3v) is 11.5. The van der Waals surface area contributed by atoms with Crippen LogP contribution in [0.5, 0.6) is 0 Å². The fraction of sp³-hybridized carbons (Fsp3) is 0.239. The molecular formula is C46H41BrN6O4. The van der Waals surface area contributed by atoms with E-state index in [1.54, 1.807) is 0 Å². The van der Waals surface area contributed by atoms with Crippen LogP contribution in [0.25, 0.3) is 33.2 Å². The van der Waals surface area contributed by atoms with Crippen molar-refractivity contribution in [3.8, 4) is 22.3 Å². The smallest absolute Gasteiger partial charge is 0.407 e. The molecule has 0 saturated carbocycles. The van der Waals surface area contributed by atoms with Gasteiger partial charge in [-0.3, -0.25) is 0 Å². The number of oxime groups is 1. The Morgan fingerprint density at radius 1 is 0.807 bits per heavy atom. The second-order valence-corrected chi connectivity index (χ2v) is 16.0. The van der Waals surface area contributed by atoms with Crippen molar-refractivity contribution in [2.45, 2.75) is 32.2 Å². The molecule has 1 aliphatic heterocycles. The Bertz CT molecular complexity index is 2490. The average molecular weight is 822 g/mol. The molecule has 2 aromatic heterocycles. The number of rotatable bonds is 9. The standard InChI is InChI=1S/C46H41BrN6O4/c1-28(2)25-39(50-46(55)56-27-37-32-13-5-3-11-30(32)31-12-4-6-14-33(31)37)45(54)57-51-43-35-16-8-7-15-34(35)41-36-26-29(47)18-19-38(36)49-44(42(41)43)53-23-21-52(22-24-53)40-17-9-10-20-48-40/h3-20,26,28,37,39H,21-25,27H2,1-2H3,(H,50,55)/b51-43+/t39-/m0/s1. The topological polar surface area (TPSA) is 109 Å². The predicted molar refractivity (Wildman–Crippen MR) is 227 cm³/mol. The second kappa shape index (κ2) is 15.5. The van der Waals surface area contributed by atoms with E-state index in [4.69, 9.17) is 14.6 Å². The number of carbonyl (C=O) groups is 2. The van der Waals surface area contributed by atoms with Crippen LogP contribution in [0.4, 0.5) is 16.4 Å². The molecule has 1 fully saturated rings. The number of hydrogen-bond donors (Lipinski definition) is 1. The first-order valence-corrected chi connectivity index (χ1v) is 20.2. The molecule has 4 aromatic carbocycles. The van der Waals surface area contributed by atoms with Crippen LogP contribution in [0, 0.1) is 5.92 Å². The molecule has 1 atom stereocenters. The molecule has 3 heterocycles. The molecule has 6 aromatic rings. The van der Waals surface area contributed by atoms with Crippen molar-refractivity contribution in [3.05, 3.63) is 142 Å². The van der Waals surface area contributed by atoms with Gasteiger partial charge >= 0.3 is 12.1 Å². The monoisotopic (exact) mass is 820 g/mol. The van der Waals surface area contributed by atoms with E-state index in [9.17, 15) is 9.59 Å². The lowest BCUT2D eigenvalue weighted by molar-refractivity contribution is -0.146. The van der Waals surface area contributed by atoms with Gasteiger partial charge in [0.2, 0.25) is 0 Å². The summed E-state index contributed by atoms with van der Waals surface area (Å²) in [6.07, 6.45) is 1.47. The van der Waals surface area contributed by atoms with Gasteiger partial charge in [0.15, 0.2) is 0 Å². The van der Waals surface area contributed by atoms with Crippen LogP contribution in [-0.4, -0.2) is 66.6 Å². The first kappa shape index (κ1) is 36.6. The van der Waals surface area contributed by atoms with Gasteiger partial charge in [-0.25, -0.2) is 19.6 Å². The number of piperazine rings is 1.